The van der Waals surface area contributed by atoms with Gasteiger partial charge >= 0.3 is 6.09 Å². The van der Waals surface area contributed by atoms with Crippen LogP contribution in [0.15, 0.2) is 49.1 Å². The van der Waals surface area contributed by atoms with Gasteiger partial charge in [-0.1, -0.05) is 17.7 Å². The number of fused-ring (bicyclic) bond motifs is 1. The van der Waals surface area contributed by atoms with Crippen LogP contribution in [-0.4, -0.2) is 37.1 Å². The third-order valence-corrected chi connectivity index (χ3v) is 5.76. The molecule has 0 saturated heterocycles. The van der Waals surface area contributed by atoms with Crippen molar-refractivity contribution >= 4 is 40.3 Å². The molecule has 0 unspecified atom stereocenters. The summed E-state index contributed by atoms with van der Waals surface area (Å²) in [5, 5.41) is 7.09. The third kappa shape index (κ3) is 6.83. The Morgan fingerprint density at radius 2 is 1.89 bits per heavy atom. The van der Waals surface area contributed by atoms with Crippen LogP contribution in [0.4, 0.5) is 10.6 Å². The van der Waals surface area contributed by atoms with Crippen molar-refractivity contribution in [3.8, 4) is 0 Å². The number of aryl methyl sites for hydroxylation is 2. The third-order valence-electron chi connectivity index (χ3n) is 5.55. The van der Waals surface area contributed by atoms with Crippen LogP contribution in [0.2, 0.25) is 5.02 Å². The molecule has 192 valence electrons. The van der Waals surface area contributed by atoms with Gasteiger partial charge in [0.1, 0.15) is 17.1 Å². The van der Waals surface area contributed by atoms with Crippen molar-refractivity contribution < 1.29 is 14.3 Å². The molecule has 0 atom stereocenters. The van der Waals surface area contributed by atoms with Crippen LogP contribution in [0, 0.1) is 13.8 Å². The molecule has 3 heterocycles. The molecule has 0 spiro atoms. The average molecular weight is 521 g/mol. The summed E-state index contributed by atoms with van der Waals surface area (Å²) in [4.78, 5) is 37.8. The number of pyridine rings is 2. The summed E-state index contributed by atoms with van der Waals surface area (Å²) in [7, 11) is 0. The Labute approximate surface area is 220 Å². The van der Waals surface area contributed by atoms with Gasteiger partial charge in [0, 0.05) is 36.6 Å². The van der Waals surface area contributed by atoms with Gasteiger partial charge in [-0.2, -0.15) is 0 Å². The molecule has 0 saturated carbocycles. The van der Waals surface area contributed by atoms with Gasteiger partial charge in [-0.25, -0.2) is 14.8 Å². The Bertz CT molecular complexity index is 1450. The van der Waals surface area contributed by atoms with E-state index in [-0.39, 0.29) is 12.5 Å². The van der Waals surface area contributed by atoms with Crippen molar-refractivity contribution in [1.82, 2.24) is 24.8 Å². The van der Waals surface area contributed by atoms with Gasteiger partial charge in [0.15, 0.2) is 0 Å². The molecule has 2 N–H and O–H groups in total. The molecule has 4 rings (SSSR count). The summed E-state index contributed by atoms with van der Waals surface area (Å²) in [6.45, 7) is 9.94. The summed E-state index contributed by atoms with van der Waals surface area (Å²) in [5.41, 5.74) is 4.07. The maximum atomic E-state index is 12.8. The molecule has 0 bridgehead atoms. The minimum Gasteiger partial charge on any atom is -0.444 e. The normalized spacial score (nSPS) is 11.4. The Hall–Kier alpha value is -3.98. The highest BCUT2D eigenvalue weighted by Crippen LogP contribution is 2.20. The molecule has 0 aliphatic heterocycles. The Balaban J connectivity index is 1.38. The fourth-order valence-corrected chi connectivity index (χ4v) is 4.05. The molecule has 0 fully saturated rings. The van der Waals surface area contributed by atoms with Crippen molar-refractivity contribution in [2.75, 3.05) is 5.32 Å². The van der Waals surface area contributed by atoms with Crippen molar-refractivity contribution in [2.45, 2.75) is 53.3 Å². The van der Waals surface area contributed by atoms with Crippen molar-refractivity contribution in [2.24, 2.45) is 0 Å². The van der Waals surface area contributed by atoms with E-state index < -0.39 is 11.7 Å². The molecule has 4 aromatic rings. The number of hydrogen-bond donors (Lipinski definition) is 2. The molecular formula is C27H29ClN6O3. The molecule has 10 heteroatoms. The summed E-state index contributed by atoms with van der Waals surface area (Å²) in [6.07, 6.45) is 4.39. The summed E-state index contributed by atoms with van der Waals surface area (Å²) in [6, 6.07) is 9.58. The van der Waals surface area contributed by atoms with Gasteiger partial charge in [-0.05, 0) is 75.6 Å². The van der Waals surface area contributed by atoms with Crippen LogP contribution in [0.5, 0.6) is 0 Å². The average Bonchev–Trinajstić information content (AvgIpc) is 3.25. The quantitative estimate of drug-likeness (QED) is 0.351. The minimum absolute atomic E-state index is 0.279. The number of hydrogen-bond acceptors (Lipinski definition) is 6. The van der Waals surface area contributed by atoms with Crippen molar-refractivity contribution in [3.63, 3.8) is 0 Å². The fraction of sp³-hybridized carbons (Fsp3) is 0.296. The number of aromatic nitrogens is 4. The van der Waals surface area contributed by atoms with E-state index >= 15 is 0 Å². The molecule has 0 aliphatic carbocycles. The van der Waals surface area contributed by atoms with Crippen LogP contribution in [0.1, 0.15) is 53.6 Å². The Morgan fingerprint density at radius 1 is 1.11 bits per heavy atom. The van der Waals surface area contributed by atoms with Crippen molar-refractivity contribution in [1.29, 1.82) is 0 Å². The molecule has 1 aromatic carbocycles. The maximum absolute atomic E-state index is 12.8. The van der Waals surface area contributed by atoms with Gasteiger partial charge in [0.05, 0.1) is 16.9 Å². The molecule has 0 aliphatic rings. The van der Waals surface area contributed by atoms with E-state index in [2.05, 4.69) is 25.6 Å². The van der Waals surface area contributed by atoms with Crippen LogP contribution in [0.3, 0.4) is 0 Å². The first-order valence-corrected chi connectivity index (χ1v) is 12.2. The zero-order valence-electron chi connectivity index (χ0n) is 21.4. The first-order chi connectivity index (χ1) is 17.5. The summed E-state index contributed by atoms with van der Waals surface area (Å²) < 4.78 is 7.13. The number of imidazole rings is 1. The lowest BCUT2D eigenvalue weighted by Gasteiger charge is -2.20. The van der Waals surface area contributed by atoms with Crippen LogP contribution in [0.25, 0.3) is 10.9 Å². The highest BCUT2D eigenvalue weighted by atomic mass is 35.5. The zero-order valence-corrected chi connectivity index (χ0v) is 22.2. The Morgan fingerprint density at radius 3 is 2.62 bits per heavy atom. The predicted octanol–water partition coefficient (Wildman–Crippen LogP) is 5.42. The number of halogens is 1. The number of carbonyl (C=O) groups excluding carboxylic acids is 2. The van der Waals surface area contributed by atoms with E-state index in [0.29, 0.717) is 28.8 Å². The number of nitrogens with zero attached hydrogens (tertiary/aromatic N) is 4. The Kier molecular flexibility index (Phi) is 7.45. The molecule has 37 heavy (non-hydrogen) atoms. The second-order valence-electron chi connectivity index (χ2n) is 9.81. The van der Waals surface area contributed by atoms with Gasteiger partial charge in [0.2, 0.25) is 0 Å². The second kappa shape index (κ2) is 10.6. The fourth-order valence-electron chi connectivity index (χ4n) is 3.88. The van der Waals surface area contributed by atoms with E-state index in [4.69, 9.17) is 16.3 Å². The molecular weight excluding hydrogens is 492 g/mol. The summed E-state index contributed by atoms with van der Waals surface area (Å²) >= 11 is 6.06. The molecule has 0 radical (unpaired) electrons. The lowest BCUT2D eigenvalue weighted by Crippen LogP contribution is -2.28. The second-order valence-corrected chi connectivity index (χ2v) is 10.2. The smallest absolute Gasteiger partial charge is 0.413 e. The lowest BCUT2D eigenvalue weighted by molar-refractivity contribution is 0.0635. The number of amides is 2. The number of anilines is 1. The van der Waals surface area contributed by atoms with Gasteiger partial charge < -0.3 is 14.6 Å². The lowest BCUT2D eigenvalue weighted by atomic mass is 10.1. The number of carbonyl (C=O) groups is 2. The van der Waals surface area contributed by atoms with E-state index in [9.17, 15) is 9.59 Å². The minimum atomic E-state index is -0.605. The highest BCUT2D eigenvalue weighted by Gasteiger charge is 2.18. The highest BCUT2D eigenvalue weighted by molar-refractivity contribution is 6.31. The number of rotatable bonds is 6. The number of nitrogens with one attached hydrogen (secondary N) is 2. The summed E-state index contributed by atoms with van der Waals surface area (Å²) in [5.74, 6) is 0.104. The standard InChI is InChI=1S/C27H29ClN6O3/c1-16-8-24(33-26(36)37-27(3,4)5)32-17(2)21(16)12-30-25(35)23-14-34(15-31-23)13-18-6-7-22-19(9-18)10-20(28)11-29-22/h6-11,14-15H,12-13H2,1-5H3,(H,30,35)(H,32,33,36). The first-order valence-electron chi connectivity index (χ1n) is 11.8. The molecule has 3 aromatic heterocycles. The monoisotopic (exact) mass is 520 g/mol. The van der Waals surface area contributed by atoms with E-state index in [1.165, 1.54) is 0 Å². The van der Waals surface area contributed by atoms with Crippen LogP contribution >= 0.6 is 11.6 Å². The van der Waals surface area contributed by atoms with E-state index in [1.54, 1.807) is 45.6 Å². The number of benzene rings is 1. The van der Waals surface area contributed by atoms with Gasteiger partial charge in [-0.3, -0.25) is 15.1 Å². The van der Waals surface area contributed by atoms with Gasteiger partial charge in [0.25, 0.3) is 5.91 Å². The van der Waals surface area contributed by atoms with Crippen LogP contribution in [-0.2, 0) is 17.8 Å². The van der Waals surface area contributed by atoms with Crippen molar-refractivity contribution in [3.05, 3.63) is 82.2 Å². The predicted molar refractivity (Wildman–Crippen MR) is 143 cm³/mol. The zero-order chi connectivity index (χ0) is 26.7. The molecule has 2 amide bonds. The number of ether oxygens (including phenoxy) is 1. The SMILES string of the molecule is Cc1cc(NC(=O)OC(C)(C)C)nc(C)c1CNC(=O)c1cn(Cc2ccc3ncc(Cl)cc3c2)cn1. The van der Waals surface area contributed by atoms with E-state index in [1.807, 2.05) is 42.7 Å². The van der Waals surface area contributed by atoms with E-state index in [0.717, 1.165) is 27.6 Å². The maximum Gasteiger partial charge on any atom is 0.413 e. The largest absolute Gasteiger partial charge is 0.444 e. The van der Waals surface area contributed by atoms with Gasteiger partial charge in [-0.15, -0.1) is 0 Å². The van der Waals surface area contributed by atoms with Crippen LogP contribution < -0.4 is 10.6 Å². The first kappa shape index (κ1) is 26.1. The molecule has 9 nitrogen and oxygen atoms in total. The topological polar surface area (TPSA) is 111 Å².